The van der Waals surface area contributed by atoms with Crippen LogP contribution >= 0.6 is 23.2 Å². The molecule has 0 saturated heterocycles. The first-order chi connectivity index (χ1) is 13.0. The van der Waals surface area contributed by atoms with Gasteiger partial charge in [-0.2, -0.15) is 0 Å². The highest BCUT2D eigenvalue weighted by molar-refractivity contribution is 6.35. The van der Waals surface area contributed by atoms with Crippen LogP contribution in [0.25, 0.3) is 0 Å². The van der Waals surface area contributed by atoms with Gasteiger partial charge in [-0.15, -0.1) is 0 Å². The molecule has 1 aliphatic heterocycles. The second-order valence-electron chi connectivity index (χ2n) is 6.01. The number of halogens is 2. The Hall–Kier alpha value is -2.82. The molecular weight excluding hydrogens is 385 g/mol. The Morgan fingerprint density at radius 1 is 0.815 bits per heavy atom. The minimum Gasteiger partial charge on any atom is -0.489 e. The number of imide groups is 1. The van der Waals surface area contributed by atoms with E-state index in [-0.39, 0.29) is 18.4 Å². The number of benzene rings is 3. The average molecular weight is 398 g/mol. The molecule has 3 aromatic rings. The molecule has 6 heteroatoms. The quantitative estimate of drug-likeness (QED) is 0.555. The fourth-order valence-electron chi connectivity index (χ4n) is 2.92. The van der Waals surface area contributed by atoms with Crippen molar-refractivity contribution in [2.45, 2.75) is 6.61 Å². The molecule has 2 amide bonds. The third-order valence-corrected chi connectivity index (χ3v) is 4.89. The summed E-state index contributed by atoms with van der Waals surface area (Å²) < 4.78 is 5.73. The first kappa shape index (κ1) is 17.6. The summed E-state index contributed by atoms with van der Waals surface area (Å²) in [7, 11) is 0. The number of amides is 2. The molecule has 0 aliphatic carbocycles. The van der Waals surface area contributed by atoms with Gasteiger partial charge in [-0.3, -0.25) is 9.59 Å². The SMILES string of the molecule is O=C1c2ccccc2C(=O)N1c1ccc(OCc2ccc(Cl)cc2Cl)cc1. The molecule has 0 atom stereocenters. The predicted molar refractivity (Wildman–Crippen MR) is 105 cm³/mol. The molecule has 4 nitrogen and oxygen atoms in total. The van der Waals surface area contributed by atoms with Crippen LogP contribution in [0.1, 0.15) is 26.3 Å². The third-order valence-electron chi connectivity index (χ3n) is 4.30. The lowest BCUT2D eigenvalue weighted by molar-refractivity contribution is 0.0926. The number of fused-ring (bicyclic) bond motifs is 1. The Morgan fingerprint density at radius 3 is 2.04 bits per heavy atom. The molecule has 0 aromatic heterocycles. The fraction of sp³-hybridized carbons (Fsp3) is 0.0476. The van der Waals surface area contributed by atoms with E-state index in [1.807, 2.05) is 0 Å². The Balaban J connectivity index is 1.50. The first-order valence-electron chi connectivity index (χ1n) is 8.19. The van der Waals surface area contributed by atoms with Gasteiger partial charge in [0.05, 0.1) is 16.8 Å². The van der Waals surface area contributed by atoms with Gasteiger partial charge in [0, 0.05) is 15.6 Å². The van der Waals surface area contributed by atoms with Gasteiger partial charge in [-0.05, 0) is 48.5 Å². The fourth-order valence-corrected chi connectivity index (χ4v) is 3.38. The number of nitrogens with zero attached hydrogens (tertiary/aromatic N) is 1. The van der Waals surface area contributed by atoms with E-state index in [0.717, 1.165) is 5.56 Å². The maximum atomic E-state index is 12.5. The lowest BCUT2D eigenvalue weighted by Gasteiger charge is -2.15. The molecule has 4 rings (SSSR count). The van der Waals surface area contributed by atoms with Crippen molar-refractivity contribution in [1.82, 2.24) is 0 Å². The van der Waals surface area contributed by atoms with Crippen molar-refractivity contribution in [3.63, 3.8) is 0 Å². The molecule has 1 heterocycles. The zero-order valence-corrected chi connectivity index (χ0v) is 15.5. The number of hydrogen-bond acceptors (Lipinski definition) is 3. The third kappa shape index (κ3) is 3.29. The molecule has 0 saturated carbocycles. The second-order valence-corrected chi connectivity index (χ2v) is 6.85. The Kier molecular flexibility index (Phi) is 4.60. The second kappa shape index (κ2) is 7.06. The summed E-state index contributed by atoms with van der Waals surface area (Å²) in [5.74, 6) is -0.0456. The highest BCUT2D eigenvalue weighted by Crippen LogP contribution is 2.30. The molecule has 0 bridgehead atoms. The number of rotatable bonds is 4. The van der Waals surface area contributed by atoms with Crippen molar-refractivity contribution in [1.29, 1.82) is 0 Å². The van der Waals surface area contributed by atoms with E-state index in [1.165, 1.54) is 4.90 Å². The van der Waals surface area contributed by atoms with E-state index in [9.17, 15) is 9.59 Å². The minimum absolute atomic E-state index is 0.280. The van der Waals surface area contributed by atoms with Crippen LogP contribution in [0, 0.1) is 0 Å². The summed E-state index contributed by atoms with van der Waals surface area (Å²) >= 11 is 12.0. The van der Waals surface area contributed by atoms with Crippen molar-refractivity contribution in [2.24, 2.45) is 0 Å². The zero-order valence-electron chi connectivity index (χ0n) is 14.0. The van der Waals surface area contributed by atoms with Gasteiger partial charge in [0.25, 0.3) is 11.8 Å². The molecule has 0 spiro atoms. The topological polar surface area (TPSA) is 46.6 Å². The van der Waals surface area contributed by atoms with Crippen LogP contribution in [0.15, 0.2) is 66.7 Å². The molecule has 1 aliphatic rings. The van der Waals surface area contributed by atoms with E-state index in [0.29, 0.717) is 32.6 Å². The number of anilines is 1. The van der Waals surface area contributed by atoms with Crippen LogP contribution in [-0.4, -0.2) is 11.8 Å². The Labute approximate surface area is 165 Å². The maximum Gasteiger partial charge on any atom is 0.266 e. The smallest absolute Gasteiger partial charge is 0.266 e. The molecule has 134 valence electrons. The van der Waals surface area contributed by atoms with Crippen LogP contribution < -0.4 is 9.64 Å². The standard InChI is InChI=1S/C21H13Cl2NO3/c22-14-6-5-13(19(23)11-14)12-27-16-9-7-15(8-10-16)24-20(25)17-3-1-2-4-18(17)21(24)26/h1-11H,12H2. The lowest BCUT2D eigenvalue weighted by atomic mass is 10.1. The van der Waals surface area contributed by atoms with Crippen LogP contribution in [0.2, 0.25) is 10.0 Å². The van der Waals surface area contributed by atoms with Crippen molar-refractivity contribution in [3.05, 3.63) is 93.5 Å². The summed E-state index contributed by atoms with van der Waals surface area (Å²) in [5, 5.41) is 1.10. The van der Waals surface area contributed by atoms with Crippen LogP contribution in [-0.2, 0) is 6.61 Å². The largest absolute Gasteiger partial charge is 0.489 e. The van der Waals surface area contributed by atoms with Crippen molar-refractivity contribution < 1.29 is 14.3 Å². The summed E-state index contributed by atoms with van der Waals surface area (Å²) in [5.41, 5.74) is 2.14. The van der Waals surface area contributed by atoms with E-state index in [4.69, 9.17) is 27.9 Å². The van der Waals surface area contributed by atoms with E-state index in [1.54, 1.807) is 66.7 Å². The maximum absolute atomic E-state index is 12.5. The Bertz CT molecular complexity index is 1010. The zero-order chi connectivity index (χ0) is 19.0. The number of carbonyl (C=O) groups is 2. The Morgan fingerprint density at radius 2 is 1.44 bits per heavy atom. The van der Waals surface area contributed by atoms with E-state index < -0.39 is 0 Å². The summed E-state index contributed by atoms with van der Waals surface area (Å²) in [4.78, 5) is 26.2. The van der Waals surface area contributed by atoms with Gasteiger partial charge in [0.1, 0.15) is 12.4 Å². The molecule has 3 aromatic carbocycles. The minimum atomic E-state index is -0.322. The highest BCUT2D eigenvalue weighted by atomic mass is 35.5. The number of hydrogen-bond donors (Lipinski definition) is 0. The van der Waals surface area contributed by atoms with Crippen molar-refractivity contribution in [2.75, 3.05) is 4.90 Å². The van der Waals surface area contributed by atoms with Crippen LogP contribution in [0.5, 0.6) is 5.75 Å². The summed E-state index contributed by atoms with van der Waals surface area (Å²) in [6, 6.07) is 18.8. The summed E-state index contributed by atoms with van der Waals surface area (Å²) in [6.07, 6.45) is 0. The molecule has 0 N–H and O–H groups in total. The number of ether oxygens (including phenoxy) is 1. The average Bonchev–Trinajstić information content (AvgIpc) is 2.93. The molecular formula is C21H13Cl2NO3. The summed E-state index contributed by atoms with van der Waals surface area (Å²) in [6.45, 7) is 0.280. The van der Waals surface area contributed by atoms with E-state index >= 15 is 0 Å². The van der Waals surface area contributed by atoms with Crippen LogP contribution in [0.4, 0.5) is 5.69 Å². The van der Waals surface area contributed by atoms with Gasteiger partial charge in [-0.1, -0.05) is 41.4 Å². The van der Waals surface area contributed by atoms with Gasteiger partial charge < -0.3 is 4.74 Å². The van der Waals surface area contributed by atoms with Gasteiger partial charge in [0.2, 0.25) is 0 Å². The first-order valence-corrected chi connectivity index (χ1v) is 8.95. The van der Waals surface area contributed by atoms with Crippen LogP contribution in [0.3, 0.4) is 0 Å². The van der Waals surface area contributed by atoms with Gasteiger partial charge in [0.15, 0.2) is 0 Å². The lowest BCUT2D eigenvalue weighted by Crippen LogP contribution is -2.29. The molecule has 0 radical (unpaired) electrons. The van der Waals surface area contributed by atoms with E-state index in [2.05, 4.69) is 0 Å². The molecule has 0 fully saturated rings. The highest BCUT2D eigenvalue weighted by Gasteiger charge is 2.36. The normalized spacial score (nSPS) is 13.0. The number of carbonyl (C=O) groups excluding carboxylic acids is 2. The molecule has 27 heavy (non-hydrogen) atoms. The monoisotopic (exact) mass is 397 g/mol. The van der Waals surface area contributed by atoms with Gasteiger partial charge in [-0.25, -0.2) is 4.90 Å². The molecule has 0 unspecified atom stereocenters. The van der Waals surface area contributed by atoms with Crippen molar-refractivity contribution >= 4 is 40.7 Å². The predicted octanol–water partition coefficient (Wildman–Crippen LogP) is 5.37. The van der Waals surface area contributed by atoms with Gasteiger partial charge >= 0.3 is 0 Å². The van der Waals surface area contributed by atoms with Crippen molar-refractivity contribution in [3.8, 4) is 5.75 Å².